The van der Waals surface area contributed by atoms with Crippen molar-refractivity contribution in [2.75, 3.05) is 31.7 Å². The fourth-order valence-corrected chi connectivity index (χ4v) is 1.70. The number of aromatic carboxylic acids is 1. The number of carbonyl (C=O) groups is 1. The molecule has 0 fully saturated rings. The fourth-order valence-electron chi connectivity index (χ4n) is 1.70. The van der Waals surface area contributed by atoms with Gasteiger partial charge in [0.05, 0.1) is 6.61 Å². The van der Waals surface area contributed by atoms with Crippen molar-refractivity contribution in [1.82, 2.24) is 4.98 Å². The summed E-state index contributed by atoms with van der Waals surface area (Å²) in [7, 11) is 1.66. The lowest BCUT2D eigenvalue weighted by Crippen LogP contribution is -2.31. The van der Waals surface area contributed by atoms with Gasteiger partial charge in [0.2, 0.25) is 0 Å². The van der Waals surface area contributed by atoms with Crippen LogP contribution in [0.4, 0.5) is 5.69 Å². The predicted molar refractivity (Wildman–Crippen MR) is 70.1 cm³/mol. The van der Waals surface area contributed by atoms with Crippen LogP contribution in [-0.2, 0) is 4.74 Å². The van der Waals surface area contributed by atoms with Gasteiger partial charge in [-0.05, 0) is 18.1 Å². The van der Waals surface area contributed by atoms with Gasteiger partial charge in [-0.15, -0.1) is 0 Å². The van der Waals surface area contributed by atoms with E-state index in [9.17, 15) is 4.79 Å². The van der Waals surface area contributed by atoms with Gasteiger partial charge >= 0.3 is 5.97 Å². The molecule has 1 aromatic heterocycles. The maximum atomic E-state index is 10.9. The summed E-state index contributed by atoms with van der Waals surface area (Å²) in [6.07, 6.45) is 1.53. The molecule has 5 nitrogen and oxygen atoms in total. The first-order chi connectivity index (χ1) is 8.54. The van der Waals surface area contributed by atoms with Gasteiger partial charge in [-0.3, -0.25) is 0 Å². The molecule has 0 unspecified atom stereocenters. The van der Waals surface area contributed by atoms with E-state index in [1.54, 1.807) is 13.2 Å². The summed E-state index contributed by atoms with van der Waals surface area (Å²) >= 11 is 0. The van der Waals surface area contributed by atoms with Crippen LogP contribution in [0.3, 0.4) is 0 Å². The van der Waals surface area contributed by atoms with Gasteiger partial charge in [-0.2, -0.15) is 0 Å². The maximum Gasteiger partial charge on any atom is 0.354 e. The molecule has 0 saturated carbocycles. The summed E-state index contributed by atoms with van der Waals surface area (Å²) in [6.45, 7) is 6.44. The lowest BCUT2D eigenvalue weighted by atomic mass is 10.2. The van der Waals surface area contributed by atoms with Crippen molar-refractivity contribution < 1.29 is 14.6 Å². The van der Waals surface area contributed by atoms with Crippen molar-refractivity contribution in [2.24, 2.45) is 5.92 Å². The fraction of sp³-hybridized carbons (Fsp3) is 0.538. The number of carboxylic acids is 1. The number of rotatable bonds is 7. The number of aromatic nitrogens is 1. The second-order valence-electron chi connectivity index (χ2n) is 4.54. The highest BCUT2D eigenvalue weighted by atomic mass is 16.5. The van der Waals surface area contributed by atoms with Crippen LogP contribution in [0.5, 0.6) is 0 Å². The molecule has 0 atom stereocenters. The van der Waals surface area contributed by atoms with Crippen LogP contribution < -0.4 is 4.90 Å². The average molecular weight is 252 g/mol. The first kappa shape index (κ1) is 14.4. The summed E-state index contributed by atoms with van der Waals surface area (Å²) in [6, 6.07) is 3.42. The molecule has 0 aliphatic carbocycles. The standard InChI is InChI=1S/C13H20N2O3/c1-10(2)9-15(6-7-18-3)11-4-5-14-12(8-11)13(16)17/h4-5,8,10H,6-7,9H2,1-3H3,(H,16,17). The van der Waals surface area contributed by atoms with Crippen molar-refractivity contribution in [3.8, 4) is 0 Å². The molecule has 1 rings (SSSR count). The lowest BCUT2D eigenvalue weighted by molar-refractivity contribution is 0.0690. The summed E-state index contributed by atoms with van der Waals surface area (Å²) in [5.74, 6) is -0.517. The Balaban J connectivity index is 2.89. The molecule has 0 aliphatic rings. The zero-order valence-electron chi connectivity index (χ0n) is 11.1. The largest absolute Gasteiger partial charge is 0.477 e. The van der Waals surface area contributed by atoms with E-state index in [1.165, 1.54) is 6.20 Å². The third kappa shape index (κ3) is 4.33. The summed E-state index contributed by atoms with van der Waals surface area (Å²) < 4.78 is 5.08. The predicted octanol–water partition coefficient (Wildman–Crippen LogP) is 1.89. The number of hydrogen-bond acceptors (Lipinski definition) is 4. The number of ether oxygens (including phenoxy) is 1. The zero-order valence-corrected chi connectivity index (χ0v) is 11.1. The minimum Gasteiger partial charge on any atom is -0.477 e. The topological polar surface area (TPSA) is 62.7 Å². The van der Waals surface area contributed by atoms with Crippen molar-refractivity contribution >= 4 is 11.7 Å². The molecule has 0 amide bonds. The van der Waals surface area contributed by atoms with Crippen LogP contribution >= 0.6 is 0 Å². The molecular formula is C13H20N2O3. The Morgan fingerprint density at radius 3 is 2.83 bits per heavy atom. The molecule has 0 aliphatic heterocycles. The second-order valence-corrected chi connectivity index (χ2v) is 4.54. The maximum absolute atomic E-state index is 10.9. The Bertz CT molecular complexity index is 394. The Morgan fingerprint density at radius 1 is 1.56 bits per heavy atom. The number of methoxy groups -OCH3 is 1. The highest BCUT2D eigenvalue weighted by molar-refractivity contribution is 5.86. The Kier molecular flexibility index (Phi) is 5.58. The third-order valence-electron chi connectivity index (χ3n) is 2.48. The van der Waals surface area contributed by atoms with Crippen LogP contribution in [-0.4, -0.2) is 42.9 Å². The van der Waals surface area contributed by atoms with Crippen LogP contribution in [0.2, 0.25) is 0 Å². The molecule has 0 spiro atoms. The minimum atomic E-state index is -1.01. The number of hydrogen-bond donors (Lipinski definition) is 1. The quantitative estimate of drug-likeness (QED) is 0.803. The van der Waals surface area contributed by atoms with Gasteiger partial charge in [-0.25, -0.2) is 9.78 Å². The number of pyridine rings is 1. The van der Waals surface area contributed by atoms with Crippen LogP contribution in [0.25, 0.3) is 0 Å². The van der Waals surface area contributed by atoms with E-state index in [4.69, 9.17) is 9.84 Å². The van der Waals surface area contributed by atoms with Crippen LogP contribution in [0.15, 0.2) is 18.3 Å². The van der Waals surface area contributed by atoms with Crippen LogP contribution in [0.1, 0.15) is 24.3 Å². The summed E-state index contributed by atoms with van der Waals surface area (Å²) in [5.41, 5.74) is 0.937. The normalized spacial score (nSPS) is 10.7. The first-order valence-corrected chi connectivity index (χ1v) is 5.97. The van der Waals surface area contributed by atoms with Crippen molar-refractivity contribution in [1.29, 1.82) is 0 Å². The molecule has 0 saturated heterocycles. The van der Waals surface area contributed by atoms with E-state index in [-0.39, 0.29) is 5.69 Å². The molecular weight excluding hydrogens is 232 g/mol. The van der Waals surface area contributed by atoms with Gasteiger partial charge in [0, 0.05) is 32.1 Å². The number of carboxylic acid groups (broad SMARTS) is 1. The highest BCUT2D eigenvalue weighted by Crippen LogP contribution is 2.16. The molecule has 0 aromatic carbocycles. The molecule has 5 heteroatoms. The molecule has 18 heavy (non-hydrogen) atoms. The van der Waals surface area contributed by atoms with E-state index in [1.807, 2.05) is 6.07 Å². The smallest absolute Gasteiger partial charge is 0.354 e. The van der Waals surface area contributed by atoms with Gasteiger partial charge in [0.25, 0.3) is 0 Å². The molecule has 100 valence electrons. The van der Waals surface area contributed by atoms with Crippen molar-refractivity contribution in [3.05, 3.63) is 24.0 Å². The molecule has 0 radical (unpaired) electrons. The average Bonchev–Trinajstić information content (AvgIpc) is 2.34. The van der Waals surface area contributed by atoms with E-state index in [0.29, 0.717) is 12.5 Å². The SMILES string of the molecule is COCCN(CC(C)C)c1ccnc(C(=O)O)c1. The van der Waals surface area contributed by atoms with E-state index in [2.05, 4.69) is 23.7 Å². The number of anilines is 1. The third-order valence-corrected chi connectivity index (χ3v) is 2.48. The van der Waals surface area contributed by atoms with Gasteiger partial charge in [0.1, 0.15) is 5.69 Å². The zero-order chi connectivity index (χ0) is 13.5. The van der Waals surface area contributed by atoms with E-state index in [0.717, 1.165) is 18.8 Å². The first-order valence-electron chi connectivity index (χ1n) is 5.97. The van der Waals surface area contributed by atoms with Crippen molar-refractivity contribution in [3.63, 3.8) is 0 Å². The Labute approximate surface area is 107 Å². The van der Waals surface area contributed by atoms with E-state index < -0.39 is 5.97 Å². The van der Waals surface area contributed by atoms with Gasteiger partial charge in [0.15, 0.2) is 0 Å². The Hall–Kier alpha value is -1.62. The van der Waals surface area contributed by atoms with Gasteiger partial charge < -0.3 is 14.7 Å². The van der Waals surface area contributed by atoms with Crippen LogP contribution in [0, 0.1) is 5.92 Å². The monoisotopic (exact) mass is 252 g/mol. The van der Waals surface area contributed by atoms with Crippen molar-refractivity contribution in [2.45, 2.75) is 13.8 Å². The molecule has 0 bridgehead atoms. The summed E-state index contributed by atoms with van der Waals surface area (Å²) in [5, 5.41) is 8.94. The lowest BCUT2D eigenvalue weighted by Gasteiger charge is -2.26. The Morgan fingerprint density at radius 2 is 2.28 bits per heavy atom. The van der Waals surface area contributed by atoms with Gasteiger partial charge in [-0.1, -0.05) is 13.8 Å². The highest BCUT2D eigenvalue weighted by Gasteiger charge is 2.11. The molecule has 1 N–H and O–H groups in total. The minimum absolute atomic E-state index is 0.0682. The molecule has 1 heterocycles. The van der Waals surface area contributed by atoms with E-state index >= 15 is 0 Å². The second kappa shape index (κ2) is 6.96. The summed E-state index contributed by atoms with van der Waals surface area (Å²) in [4.78, 5) is 16.8. The number of nitrogens with zero attached hydrogens (tertiary/aromatic N) is 2. The molecule has 1 aromatic rings.